The van der Waals surface area contributed by atoms with Crippen LogP contribution in [0, 0.1) is 28.7 Å². The zero-order valence-electron chi connectivity index (χ0n) is 25.2. The highest BCUT2D eigenvalue weighted by atomic mass is 19.4. The van der Waals surface area contributed by atoms with Crippen molar-refractivity contribution in [1.82, 2.24) is 14.0 Å². The van der Waals surface area contributed by atoms with Crippen molar-refractivity contribution in [3.8, 4) is 0 Å². The molecule has 1 fully saturated rings. The summed E-state index contributed by atoms with van der Waals surface area (Å²) in [4.78, 5) is 41.6. The van der Waals surface area contributed by atoms with Gasteiger partial charge in [0.1, 0.15) is 11.5 Å². The molecular formula is C32H31F5N6O4. The first-order valence-electron chi connectivity index (χ1n) is 14.7. The average molecular weight is 659 g/mol. The zero-order valence-corrected chi connectivity index (χ0v) is 25.2. The Morgan fingerprint density at radius 2 is 1.55 bits per heavy atom. The Morgan fingerprint density at radius 1 is 0.894 bits per heavy atom. The molecule has 0 bridgehead atoms. The molecule has 0 aliphatic carbocycles. The number of nitro benzene ring substituents is 1. The van der Waals surface area contributed by atoms with E-state index in [1.807, 2.05) is 4.90 Å². The molecule has 10 nitrogen and oxygen atoms in total. The number of nitrogens with zero attached hydrogens (tertiary/aromatic N) is 5. The maximum absolute atomic E-state index is 14.9. The van der Waals surface area contributed by atoms with Gasteiger partial charge in [0.05, 0.1) is 23.6 Å². The maximum Gasteiger partial charge on any atom is 0.416 e. The lowest BCUT2D eigenvalue weighted by atomic mass is 10.1. The summed E-state index contributed by atoms with van der Waals surface area (Å²) in [5.74, 6) is -2.10. The molecule has 1 unspecified atom stereocenters. The highest BCUT2D eigenvalue weighted by molar-refractivity contribution is 5.50. The number of rotatable bonds is 9. The van der Waals surface area contributed by atoms with E-state index < -0.39 is 63.4 Å². The summed E-state index contributed by atoms with van der Waals surface area (Å²) < 4.78 is 73.1. The van der Waals surface area contributed by atoms with Gasteiger partial charge in [-0.25, -0.2) is 9.18 Å². The predicted molar refractivity (Wildman–Crippen MR) is 164 cm³/mol. The molecule has 1 aliphatic heterocycles. The van der Waals surface area contributed by atoms with Crippen molar-refractivity contribution in [1.29, 1.82) is 0 Å². The van der Waals surface area contributed by atoms with Crippen LogP contribution in [-0.4, -0.2) is 45.1 Å². The molecule has 0 amide bonds. The quantitative estimate of drug-likeness (QED) is 0.159. The molecule has 2 heterocycles. The van der Waals surface area contributed by atoms with Crippen LogP contribution >= 0.6 is 0 Å². The number of benzene rings is 3. The van der Waals surface area contributed by atoms with Gasteiger partial charge in [-0.05, 0) is 24.6 Å². The van der Waals surface area contributed by atoms with E-state index in [0.29, 0.717) is 5.56 Å². The first kappa shape index (κ1) is 33.5. The van der Waals surface area contributed by atoms with Crippen LogP contribution in [0.25, 0.3) is 0 Å². The van der Waals surface area contributed by atoms with Crippen LogP contribution < -0.4 is 21.9 Å². The van der Waals surface area contributed by atoms with Gasteiger partial charge in [-0.2, -0.15) is 17.6 Å². The Kier molecular flexibility index (Phi) is 9.58. The Bertz CT molecular complexity index is 1900. The minimum atomic E-state index is -4.91. The van der Waals surface area contributed by atoms with Gasteiger partial charge in [-0.1, -0.05) is 48.5 Å². The van der Waals surface area contributed by atoms with Gasteiger partial charge in [0.15, 0.2) is 0 Å². The third-order valence-electron chi connectivity index (χ3n) is 8.34. The molecule has 0 spiro atoms. The monoisotopic (exact) mass is 658 g/mol. The molecule has 2 N–H and O–H groups in total. The van der Waals surface area contributed by atoms with Gasteiger partial charge in [-0.3, -0.25) is 28.9 Å². The van der Waals surface area contributed by atoms with Crippen LogP contribution in [0.2, 0.25) is 0 Å². The number of piperazine rings is 1. The summed E-state index contributed by atoms with van der Waals surface area (Å²) in [6.07, 6.45) is -4.91. The predicted octanol–water partition coefficient (Wildman–Crippen LogP) is 4.59. The molecule has 0 radical (unpaired) electrons. The lowest BCUT2D eigenvalue weighted by Gasteiger charge is -2.37. The number of nitro groups is 1. The molecule has 1 saturated heterocycles. The van der Waals surface area contributed by atoms with Crippen LogP contribution in [0.5, 0.6) is 0 Å². The average Bonchev–Trinajstić information content (AvgIpc) is 3.03. The molecule has 248 valence electrons. The smallest absolute Gasteiger partial charge is 0.363 e. The van der Waals surface area contributed by atoms with Crippen LogP contribution in [0.1, 0.15) is 34.0 Å². The number of anilines is 1. The van der Waals surface area contributed by atoms with Gasteiger partial charge in [-0.15, -0.1) is 0 Å². The van der Waals surface area contributed by atoms with E-state index in [0.717, 1.165) is 33.4 Å². The lowest BCUT2D eigenvalue weighted by Crippen LogP contribution is -2.51. The topological polar surface area (TPSA) is 120 Å². The van der Waals surface area contributed by atoms with Crippen molar-refractivity contribution >= 4 is 11.4 Å². The van der Waals surface area contributed by atoms with Crippen LogP contribution in [-0.2, 0) is 25.8 Å². The molecule has 15 heteroatoms. The second-order valence-corrected chi connectivity index (χ2v) is 11.3. The van der Waals surface area contributed by atoms with E-state index in [1.54, 1.807) is 35.2 Å². The highest BCUT2D eigenvalue weighted by Crippen LogP contribution is 2.34. The standard InChI is InChI=1S/C32H31F5N6O4/c1-20-29(40-15-13-39(14-16-40)17-22-9-5-12-27(28(22)34)43(46)47)30(44)42(19-26(38)21-7-3-2-4-8-21)31(45)41(20)18-23-24(32(35,36)37)10-6-11-25(23)33/h2-12,26H,13-19,38H2,1H3. The van der Waals surface area contributed by atoms with Crippen molar-refractivity contribution in [2.75, 3.05) is 31.1 Å². The van der Waals surface area contributed by atoms with Crippen molar-refractivity contribution in [2.45, 2.75) is 38.8 Å². The third-order valence-corrected chi connectivity index (χ3v) is 8.34. The van der Waals surface area contributed by atoms with E-state index in [1.165, 1.54) is 19.1 Å². The molecule has 1 aromatic heterocycles. The van der Waals surface area contributed by atoms with Gasteiger partial charge in [0.2, 0.25) is 5.82 Å². The first-order valence-corrected chi connectivity index (χ1v) is 14.7. The third kappa shape index (κ3) is 6.95. The summed E-state index contributed by atoms with van der Waals surface area (Å²) in [6.45, 7) is 1.34. The van der Waals surface area contributed by atoms with Crippen LogP contribution in [0.3, 0.4) is 0 Å². The number of halogens is 5. The van der Waals surface area contributed by atoms with E-state index in [-0.39, 0.29) is 56.2 Å². The summed E-state index contributed by atoms with van der Waals surface area (Å²) in [5, 5.41) is 11.2. The molecule has 0 saturated carbocycles. The summed E-state index contributed by atoms with van der Waals surface area (Å²) in [6, 6.07) is 14.3. The Morgan fingerprint density at radius 3 is 2.19 bits per heavy atom. The second kappa shape index (κ2) is 13.5. The SMILES string of the molecule is Cc1c(N2CCN(Cc3cccc([N+](=O)[O-])c3F)CC2)c(=O)n(CC(N)c2ccccc2)c(=O)n1Cc1c(F)cccc1C(F)(F)F. The molecule has 47 heavy (non-hydrogen) atoms. The van der Waals surface area contributed by atoms with Gasteiger partial charge >= 0.3 is 17.6 Å². The first-order chi connectivity index (χ1) is 22.3. The Hall–Kier alpha value is -4.89. The molecular weight excluding hydrogens is 627 g/mol. The van der Waals surface area contributed by atoms with E-state index >= 15 is 0 Å². The maximum atomic E-state index is 14.9. The largest absolute Gasteiger partial charge is 0.416 e. The van der Waals surface area contributed by atoms with Gasteiger partial charge in [0.25, 0.3) is 5.56 Å². The van der Waals surface area contributed by atoms with Crippen molar-refractivity contribution in [2.24, 2.45) is 5.73 Å². The number of alkyl halides is 3. The minimum Gasteiger partial charge on any atom is -0.363 e. The fraction of sp³-hybridized carbons (Fsp3) is 0.312. The number of hydrogen-bond donors (Lipinski definition) is 1. The van der Waals surface area contributed by atoms with E-state index in [2.05, 4.69) is 0 Å². The molecule has 4 aromatic rings. The van der Waals surface area contributed by atoms with Gasteiger partial charge < -0.3 is 10.6 Å². The Balaban J connectivity index is 1.52. The fourth-order valence-corrected chi connectivity index (χ4v) is 5.84. The zero-order chi connectivity index (χ0) is 34.0. The van der Waals surface area contributed by atoms with Crippen molar-refractivity contribution in [3.05, 3.63) is 137 Å². The normalized spacial score (nSPS) is 14.7. The Labute approximate surface area is 265 Å². The fourth-order valence-electron chi connectivity index (χ4n) is 5.84. The lowest BCUT2D eigenvalue weighted by molar-refractivity contribution is -0.387. The highest BCUT2D eigenvalue weighted by Gasteiger charge is 2.35. The van der Waals surface area contributed by atoms with Gasteiger partial charge in [0, 0.05) is 61.7 Å². The summed E-state index contributed by atoms with van der Waals surface area (Å²) >= 11 is 0. The minimum absolute atomic E-state index is 0.0379. The second-order valence-electron chi connectivity index (χ2n) is 11.3. The van der Waals surface area contributed by atoms with Crippen molar-refractivity contribution < 1.29 is 26.9 Å². The molecule has 1 aliphatic rings. The molecule has 3 aromatic carbocycles. The summed E-state index contributed by atoms with van der Waals surface area (Å²) in [7, 11) is 0. The van der Waals surface area contributed by atoms with E-state index in [9.17, 15) is 41.7 Å². The summed E-state index contributed by atoms with van der Waals surface area (Å²) in [5.41, 5.74) is 2.89. The number of hydrogen-bond acceptors (Lipinski definition) is 7. The molecule has 5 rings (SSSR count). The number of nitrogens with two attached hydrogens (primary N) is 1. The van der Waals surface area contributed by atoms with Crippen LogP contribution in [0.4, 0.5) is 33.3 Å². The molecule has 1 atom stereocenters. The van der Waals surface area contributed by atoms with Crippen molar-refractivity contribution in [3.63, 3.8) is 0 Å². The van der Waals surface area contributed by atoms with E-state index in [4.69, 9.17) is 5.73 Å². The number of aromatic nitrogens is 2. The van der Waals surface area contributed by atoms with Crippen LogP contribution in [0.15, 0.2) is 76.3 Å².